The number of aromatic nitrogens is 1. The van der Waals surface area contributed by atoms with Crippen LogP contribution in [0.15, 0.2) is 60.7 Å². The molecule has 0 unspecified atom stereocenters. The average molecular weight is 389 g/mol. The normalized spacial score (nSPS) is 12.7. The first-order valence-corrected chi connectivity index (χ1v) is 9.14. The molecule has 0 fully saturated rings. The number of carbonyl (C=O) groups is 2. The average Bonchev–Trinajstić information content (AvgIpc) is 2.73. The molecule has 2 heterocycles. The summed E-state index contributed by atoms with van der Waals surface area (Å²) in [5.74, 6) is -0.0119. The molecular weight excluding hydrogens is 370 g/mol. The maximum Gasteiger partial charge on any atom is 0.335 e. The number of aromatic carboxylic acids is 1. The Kier molecular flexibility index (Phi) is 4.87. The smallest absolute Gasteiger partial charge is 0.335 e. The van der Waals surface area contributed by atoms with E-state index in [4.69, 9.17) is 9.84 Å². The summed E-state index contributed by atoms with van der Waals surface area (Å²) in [6.07, 6.45) is 0. The monoisotopic (exact) mass is 389 g/mol. The summed E-state index contributed by atoms with van der Waals surface area (Å²) in [4.78, 5) is 30.2. The van der Waals surface area contributed by atoms with Gasteiger partial charge in [0.15, 0.2) is 11.6 Å². The largest absolute Gasteiger partial charge is 0.488 e. The van der Waals surface area contributed by atoms with E-state index in [1.807, 2.05) is 37.3 Å². The molecule has 2 N–H and O–H groups in total. The third-order valence-electron chi connectivity index (χ3n) is 4.69. The number of nitrogens with zero attached hydrogens (tertiary/aromatic N) is 2. The molecule has 2 amide bonds. The van der Waals surface area contributed by atoms with Crippen LogP contribution in [0.5, 0.6) is 5.75 Å². The Morgan fingerprint density at radius 3 is 2.62 bits per heavy atom. The molecule has 4 rings (SSSR count). The molecular formula is C22H19N3O4. The molecule has 3 aromatic rings. The lowest BCUT2D eigenvalue weighted by Crippen LogP contribution is -2.41. The molecule has 0 spiro atoms. The van der Waals surface area contributed by atoms with Gasteiger partial charge in [-0.2, -0.15) is 0 Å². The SMILES string of the molecule is Cc1cc(C(=O)O)ccc1-c1ccc2c(n1)N(C(=O)Nc1ccccc1)CCO2. The Morgan fingerprint density at radius 2 is 1.90 bits per heavy atom. The van der Waals surface area contributed by atoms with Crippen molar-refractivity contribution in [1.29, 1.82) is 0 Å². The maximum absolute atomic E-state index is 12.8. The van der Waals surface area contributed by atoms with Crippen LogP contribution in [-0.2, 0) is 0 Å². The highest BCUT2D eigenvalue weighted by atomic mass is 16.5. The maximum atomic E-state index is 12.8. The fourth-order valence-corrected chi connectivity index (χ4v) is 3.24. The van der Waals surface area contributed by atoms with E-state index < -0.39 is 5.97 Å². The molecule has 1 aliphatic heterocycles. The van der Waals surface area contributed by atoms with Gasteiger partial charge in [0, 0.05) is 11.3 Å². The molecule has 0 saturated heterocycles. The van der Waals surface area contributed by atoms with Gasteiger partial charge in [0.1, 0.15) is 6.61 Å². The summed E-state index contributed by atoms with van der Waals surface area (Å²) in [6, 6.07) is 17.4. The second-order valence-corrected chi connectivity index (χ2v) is 6.65. The zero-order valence-corrected chi connectivity index (χ0v) is 15.8. The molecule has 1 aromatic heterocycles. The highest BCUT2D eigenvalue weighted by Crippen LogP contribution is 2.34. The number of anilines is 2. The van der Waals surface area contributed by atoms with Gasteiger partial charge in [-0.15, -0.1) is 0 Å². The van der Waals surface area contributed by atoms with Gasteiger partial charge < -0.3 is 15.2 Å². The molecule has 0 atom stereocenters. The summed E-state index contributed by atoms with van der Waals surface area (Å²) < 4.78 is 5.66. The fraction of sp³-hybridized carbons (Fsp3) is 0.136. The number of nitrogens with one attached hydrogen (secondary N) is 1. The minimum atomic E-state index is -0.977. The van der Waals surface area contributed by atoms with E-state index in [2.05, 4.69) is 10.3 Å². The van der Waals surface area contributed by atoms with Crippen molar-refractivity contribution in [2.45, 2.75) is 6.92 Å². The predicted molar refractivity (Wildman–Crippen MR) is 110 cm³/mol. The van der Waals surface area contributed by atoms with Crippen LogP contribution in [0.4, 0.5) is 16.3 Å². The summed E-state index contributed by atoms with van der Waals surface area (Å²) in [6.45, 7) is 2.58. The zero-order valence-electron chi connectivity index (χ0n) is 15.8. The Hall–Kier alpha value is -3.87. The molecule has 7 nitrogen and oxygen atoms in total. The Morgan fingerprint density at radius 1 is 1.10 bits per heavy atom. The van der Waals surface area contributed by atoms with Crippen LogP contribution < -0.4 is 15.0 Å². The Bertz CT molecular complexity index is 1080. The molecule has 2 aromatic carbocycles. The van der Waals surface area contributed by atoms with Gasteiger partial charge in [-0.3, -0.25) is 4.90 Å². The van der Waals surface area contributed by atoms with Gasteiger partial charge in [0.05, 0.1) is 17.8 Å². The summed E-state index contributed by atoms with van der Waals surface area (Å²) in [5, 5.41) is 12.0. The van der Waals surface area contributed by atoms with Crippen LogP contribution in [0.3, 0.4) is 0 Å². The number of carboxylic acids is 1. The summed E-state index contributed by atoms with van der Waals surface area (Å²) in [5.41, 5.74) is 3.14. The second kappa shape index (κ2) is 7.63. The lowest BCUT2D eigenvalue weighted by Gasteiger charge is -2.29. The number of hydrogen-bond donors (Lipinski definition) is 2. The number of rotatable bonds is 3. The topological polar surface area (TPSA) is 91.8 Å². The van der Waals surface area contributed by atoms with Crippen LogP contribution in [-0.4, -0.2) is 35.2 Å². The molecule has 0 saturated carbocycles. The van der Waals surface area contributed by atoms with Crippen LogP contribution in [0, 0.1) is 6.92 Å². The fourth-order valence-electron chi connectivity index (χ4n) is 3.24. The summed E-state index contributed by atoms with van der Waals surface area (Å²) in [7, 11) is 0. The highest BCUT2D eigenvalue weighted by molar-refractivity contribution is 6.02. The van der Waals surface area contributed by atoms with Crippen molar-refractivity contribution >= 4 is 23.5 Å². The number of amides is 2. The lowest BCUT2D eigenvalue weighted by atomic mass is 10.0. The number of urea groups is 1. The lowest BCUT2D eigenvalue weighted by molar-refractivity contribution is 0.0696. The van der Waals surface area contributed by atoms with Gasteiger partial charge in [0.25, 0.3) is 0 Å². The van der Waals surface area contributed by atoms with Gasteiger partial charge in [-0.1, -0.05) is 24.3 Å². The molecule has 0 bridgehead atoms. The molecule has 0 aliphatic carbocycles. The number of ether oxygens (including phenoxy) is 1. The van der Waals surface area contributed by atoms with E-state index in [9.17, 15) is 9.59 Å². The van der Waals surface area contributed by atoms with Gasteiger partial charge in [-0.25, -0.2) is 14.6 Å². The standard InChI is InChI=1S/C22H19N3O4/c1-14-13-15(21(26)27)7-8-17(14)18-9-10-19-20(24-18)25(11-12-29-19)22(28)23-16-5-3-2-4-6-16/h2-10,13H,11-12H2,1H3,(H,23,28)(H,26,27). The first-order chi connectivity index (χ1) is 14.0. The van der Waals surface area contributed by atoms with Crippen molar-refractivity contribution in [3.63, 3.8) is 0 Å². The van der Waals surface area contributed by atoms with E-state index in [0.717, 1.165) is 11.1 Å². The van der Waals surface area contributed by atoms with Crippen molar-refractivity contribution in [3.05, 3.63) is 71.8 Å². The number of fused-ring (bicyclic) bond motifs is 1. The molecule has 29 heavy (non-hydrogen) atoms. The Labute approximate surface area is 167 Å². The minimum absolute atomic E-state index is 0.219. The number of carbonyl (C=O) groups excluding carboxylic acids is 1. The van der Waals surface area contributed by atoms with Gasteiger partial charge in [-0.05, 0) is 48.9 Å². The van der Waals surface area contributed by atoms with Crippen molar-refractivity contribution < 1.29 is 19.4 Å². The van der Waals surface area contributed by atoms with Crippen molar-refractivity contribution in [3.8, 4) is 17.0 Å². The van der Waals surface area contributed by atoms with E-state index in [0.29, 0.717) is 36.1 Å². The number of carboxylic acid groups (broad SMARTS) is 1. The number of aryl methyl sites for hydroxylation is 1. The first-order valence-electron chi connectivity index (χ1n) is 9.14. The third-order valence-corrected chi connectivity index (χ3v) is 4.69. The number of para-hydroxylation sites is 1. The molecule has 146 valence electrons. The van der Waals surface area contributed by atoms with Crippen LogP contribution in [0.2, 0.25) is 0 Å². The van der Waals surface area contributed by atoms with E-state index in [1.54, 1.807) is 35.2 Å². The third kappa shape index (κ3) is 3.75. The molecule has 1 aliphatic rings. The van der Waals surface area contributed by atoms with Crippen molar-refractivity contribution in [2.24, 2.45) is 0 Å². The first kappa shape index (κ1) is 18.5. The summed E-state index contributed by atoms with van der Waals surface area (Å²) >= 11 is 0. The molecule has 7 heteroatoms. The van der Waals surface area contributed by atoms with Crippen LogP contribution in [0.25, 0.3) is 11.3 Å². The van der Waals surface area contributed by atoms with Gasteiger partial charge in [0.2, 0.25) is 0 Å². The second-order valence-electron chi connectivity index (χ2n) is 6.65. The number of pyridine rings is 1. The van der Waals surface area contributed by atoms with E-state index in [1.165, 1.54) is 0 Å². The van der Waals surface area contributed by atoms with Crippen LogP contribution >= 0.6 is 0 Å². The molecule has 0 radical (unpaired) electrons. The van der Waals surface area contributed by atoms with Crippen LogP contribution in [0.1, 0.15) is 15.9 Å². The van der Waals surface area contributed by atoms with E-state index in [-0.39, 0.29) is 11.6 Å². The highest BCUT2D eigenvalue weighted by Gasteiger charge is 2.26. The van der Waals surface area contributed by atoms with Crippen molar-refractivity contribution in [1.82, 2.24) is 4.98 Å². The number of hydrogen-bond acceptors (Lipinski definition) is 4. The Balaban J connectivity index is 1.67. The zero-order chi connectivity index (χ0) is 20.4. The van der Waals surface area contributed by atoms with Crippen molar-refractivity contribution in [2.75, 3.05) is 23.4 Å². The predicted octanol–water partition coefficient (Wildman–Crippen LogP) is 4.19. The van der Waals surface area contributed by atoms with Gasteiger partial charge >= 0.3 is 12.0 Å². The van der Waals surface area contributed by atoms with E-state index >= 15 is 0 Å². The quantitative estimate of drug-likeness (QED) is 0.701. The number of benzene rings is 2. The minimum Gasteiger partial charge on any atom is -0.488 e.